The fourth-order valence-electron chi connectivity index (χ4n) is 1.81. The topological polar surface area (TPSA) is 36.4 Å². The number of nitrogens with zero attached hydrogens (tertiary/aromatic N) is 2. The molecule has 0 aliphatic rings. The largest absolute Gasteiger partial charge is 0.391 e. The Morgan fingerprint density at radius 1 is 1.39 bits per heavy atom. The van der Waals surface area contributed by atoms with Crippen LogP contribution >= 0.6 is 22.7 Å². The monoisotopic (exact) mass is 282 g/mol. The SMILES string of the molecule is CCc1nc(N(CC)Cc2cccs2)sc1CO. The van der Waals surface area contributed by atoms with Crippen LogP contribution in [0.15, 0.2) is 17.5 Å². The highest BCUT2D eigenvalue weighted by Gasteiger charge is 2.14. The molecule has 0 fully saturated rings. The average Bonchev–Trinajstić information content (AvgIpc) is 3.04. The van der Waals surface area contributed by atoms with Gasteiger partial charge in [-0.05, 0) is 24.8 Å². The molecule has 0 aliphatic carbocycles. The molecule has 0 aliphatic heterocycles. The summed E-state index contributed by atoms with van der Waals surface area (Å²) in [6, 6.07) is 4.22. The Morgan fingerprint density at radius 3 is 2.72 bits per heavy atom. The molecular formula is C13H18N2OS2. The summed E-state index contributed by atoms with van der Waals surface area (Å²) in [4.78, 5) is 9.24. The molecule has 0 saturated heterocycles. The van der Waals surface area contributed by atoms with Crippen molar-refractivity contribution in [2.24, 2.45) is 0 Å². The minimum Gasteiger partial charge on any atom is -0.391 e. The van der Waals surface area contributed by atoms with Crippen LogP contribution in [0.3, 0.4) is 0 Å². The van der Waals surface area contributed by atoms with Crippen LogP contribution in [0.1, 0.15) is 29.3 Å². The van der Waals surface area contributed by atoms with E-state index in [2.05, 4.69) is 41.2 Å². The van der Waals surface area contributed by atoms with Gasteiger partial charge in [0.2, 0.25) is 0 Å². The number of thiophene rings is 1. The first kappa shape index (κ1) is 13.5. The maximum absolute atomic E-state index is 9.33. The fraction of sp³-hybridized carbons (Fsp3) is 0.462. The quantitative estimate of drug-likeness (QED) is 0.883. The summed E-state index contributed by atoms with van der Waals surface area (Å²) in [6.07, 6.45) is 0.878. The summed E-state index contributed by atoms with van der Waals surface area (Å²) in [5.74, 6) is 0. The molecule has 18 heavy (non-hydrogen) atoms. The standard InChI is InChI=1S/C13H18N2OS2/c1-3-11-12(9-16)18-13(14-11)15(4-2)8-10-6-5-7-17-10/h5-7,16H,3-4,8-9H2,1-2H3. The van der Waals surface area contributed by atoms with Gasteiger partial charge in [-0.1, -0.05) is 24.3 Å². The molecule has 0 unspecified atom stereocenters. The van der Waals surface area contributed by atoms with Gasteiger partial charge in [-0.3, -0.25) is 0 Å². The number of aliphatic hydroxyl groups excluding tert-OH is 1. The Labute approximate surface area is 116 Å². The first-order valence-corrected chi connectivity index (χ1v) is 7.84. The molecule has 0 amide bonds. The number of thiazole rings is 1. The highest BCUT2D eigenvalue weighted by Crippen LogP contribution is 2.28. The molecule has 2 aromatic heterocycles. The summed E-state index contributed by atoms with van der Waals surface area (Å²) < 4.78 is 0. The zero-order valence-electron chi connectivity index (χ0n) is 10.7. The third-order valence-electron chi connectivity index (χ3n) is 2.82. The number of aromatic nitrogens is 1. The van der Waals surface area contributed by atoms with Crippen molar-refractivity contribution in [3.8, 4) is 0 Å². The third-order valence-corrected chi connectivity index (χ3v) is 4.83. The Morgan fingerprint density at radius 2 is 2.22 bits per heavy atom. The lowest BCUT2D eigenvalue weighted by Gasteiger charge is -2.18. The Hall–Kier alpha value is -0.910. The second kappa shape index (κ2) is 6.31. The predicted molar refractivity (Wildman–Crippen MR) is 78.5 cm³/mol. The molecular weight excluding hydrogens is 264 g/mol. The van der Waals surface area contributed by atoms with Crippen molar-refractivity contribution in [2.45, 2.75) is 33.4 Å². The fourth-order valence-corrected chi connectivity index (χ4v) is 3.60. The van der Waals surface area contributed by atoms with Crippen molar-refractivity contribution in [1.82, 2.24) is 4.98 Å². The Kier molecular flexibility index (Phi) is 4.74. The van der Waals surface area contributed by atoms with E-state index in [1.54, 1.807) is 22.7 Å². The summed E-state index contributed by atoms with van der Waals surface area (Å²) in [5, 5.41) is 12.4. The lowest BCUT2D eigenvalue weighted by molar-refractivity contribution is 0.284. The highest BCUT2D eigenvalue weighted by molar-refractivity contribution is 7.15. The van der Waals surface area contributed by atoms with Crippen molar-refractivity contribution in [2.75, 3.05) is 11.4 Å². The van der Waals surface area contributed by atoms with E-state index in [4.69, 9.17) is 0 Å². The number of aryl methyl sites for hydroxylation is 1. The van der Waals surface area contributed by atoms with Crippen LogP contribution in [-0.4, -0.2) is 16.6 Å². The second-order valence-electron chi connectivity index (χ2n) is 3.97. The van der Waals surface area contributed by atoms with Gasteiger partial charge < -0.3 is 10.0 Å². The van der Waals surface area contributed by atoms with E-state index in [-0.39, 0.29) is 6.61 Å². The van der Waals surface area contributed by atoms with Gasteiger partial charge in [0.15, 0.2) is 5.13 Å². The molecule has 0 saturated carbocycles. The van der Waals surface area contributed by atoms with Crippen molar-refractivity contribution >= 4 is 27.8 Å². The minimum absolute atomic E-state index is 0.0946. The van der Waals surface area contributed by atoms with E-state index >= 15 is 0 Å². The van der Waals surface area contributed by atoms with Crippen LogP contribution in [-0.2, 0) is 19.6 Å². The van der Waals surface area contributed by atoms with Crippen molar-refractivity contribution < 1.29 is 5.11 Å². The van der Waals surface area contributed by atoms with Crippen LogP contribution < -0.4 is 4.90 Å². The van der Waals surface area contributed by atoms with Gasteiger partial charge in [-0.25, -0.2) is 4.98 Å². The highest BCUT2D eigenvalue weighted by atomic mass is 32.1. The number of hydrogen-bond donors (Lipinski definition) is 1. The first-order chi connectivity index (χ1) is 8.78. The molecule has 2 aromatic rings. The summed E-state index contributed by atoms with van der Waals surface area (Å²) in [5.41, 5.74) is 1.03. The average molecular weight is 282 g/mol. The zero-order chi connectivity index (χ0) is 13.0. The number of rotatable bonds is 6. The smallest absolute Gasteiger partial charge is 0.186 e. The number of aliphatic hydroxyl groups is 1. The van der Waals surface area contributed by atoms with Crippen molar-refractivity contribution in [3.05, 3.63) is 33.0 Å². The summed E-state index contributed by atoms with van der Waals surface area (Å²) in [6.45, 7) is 6.14. The van der Waals surface area contributed by atoms with Gasteiger partial charge in [0.1, 0.15) is 0 Å². The number of anilines is 1. The van der Waals surface area contributed by atoms with E-state index < -0.39 is 0 Å². The minimum atomic E-state index is 0.0946. The summed E-state index contributed by atoms with van der Waals surface area (Å²) in [7, 11) is 0. The van der Waals surface area contributed by atoms with Crippen molar-refractivity contribution in [3.63, 3.8) is 0 Å². The second-order valence-corrected chi connectivity index (χ2v) is 6.07. The van der Waals surface area contributed by atoms with Gasteiger partial charge in [0.05, 0.1) is 23.7 Å². The molecule has 1 N–H and O–H groups in total. The molecule has 98 valence electrons. The number of hydrogen-bond acceptors (Lipinski definition) is 5. The Bertz CT molecular complexity index is 458. The van der Waals surface area contributed by atoms with Crippen LogP contribution in [0.25, 0.3) is 0 Å². The zero-order valence-corrected chi connectivity index (χ0v) is 12.4. The normalized spacial score (nSPS) is 10.8. The van der Waals surface area contributed by atoms with Gasteiger partial charge >= 0.3 is 0 Å². The third kappa shape index (κ3) is 2.91. The van der Waals surface area contributed by atoms with Crippen LogP contribution in [0.5, 0.6) is 0 Å². The lowest BCUT2D eigenvalue weighted by atomic mass is 10.3. The molecule has 0 bridgehead atoms. The van der Waals surface area contributed by atoms with Crippen LogP contribution in [0.4, 0.5) is 5.13 Å². The van der Waals surface area contributed by atoms with Gasteiger partial charge in [0, 0.05) is 11.4 Å². The maximum Gasteiger partial charge on any atom is 0.186 e. The van der Waals surface area contributed by atoms with Gasteiger partial charge in [0.25, 0.3) is 0 Å². The van der Waals surface area contributed by atoms with Crippen LogP contribution in [0, 0.1) is 0 Å². The molecule has 0 aromatic carbocycles. The van der Waals surface area contributed by atoms with Crippen LogP contribution in [0.2, 0.25) is 0 Å². The molecule has 0 atom stereocenters. The first-order valence-electron chi connectivity index (χ1n) is 6.15. The molecule has 0 spiro atoms. The van der Waals surface area contributed by atoms with E-state index in [9.17, 15) is 5.11 Å². The van der Waals surface area contributed by atoms with Crippen molar-refractivity contribution in [1.29, 1.82) is 0 Å². The van der Waals surface area contributed by atoms with E-state index in [1.165, 1.54) is 4.88 Å². The Balaban J connectivity index is 2.19. The van der Waals surface area contributed by atoms with Gasteiger partial charge in [-0.15, -0.1) is 11.3 Å². The van der Waals surface area contributed by atoms with E-state index in [1.807, 2.05) is 0 Å². The molecule has 2 rings (SSSR count). The van der Waals surface area contributed by atoms with E-state index in [0.717, 1.165) is 35.2 Å². The maximum atomic E-state index is 9.33. The molecule has 5 heteroatoms. The van der Waals surface area contributed by atoms with E-state index in [0.29, 0.717) is 0 Å². The predicted octanol–water partition coefficient (Wildman–Crippen LogP) is 3.29. The molecule has 0 radical (unpaired) electrons. The molecule has 2 heterocycles. The van der Waals surface area contributed by atoms with Gasteiger partial charge in [-0.2, -0.15) is 0 Å². The summed E-state index contributed by atoms with van der Waals surface area (Å²) >= 11 is 3.38. The molecule has 3 nitrogen and oxygen atoms in total. The lowest BCUT2D eigenvalue weighted by Crippen LogP contribution is -2.21.